The number of hydrogen-bond donors (Lipinski definition) is 2. The molecule has 1 heterocycles. The molecule has 0 radical (unpaired) electrons. The summed E-state index contributed by atoms with van der Waals surface area (Å²) >= 11 is 0. The van der Waals surface area contributed by atoms with Gasteiger partial charge in [0.05, 0.1) is 25.2 Å². The monoisotopic (exact) mass is 541 g/mol. The second-order valence-electron chi connectivity index (χ2n) is 9.24. The van der Waals surface area contributed by atoms with Crippen LogP contribution in [0.1, 0.15) is 47.2 Å². The molecule has 0 spiro atoms. The molecular formula is C32H31NO7. The molecule has 0 amide bonds. The van der Waals surface area contributed by atoms with Crippen LogP contribution in [0.5, 0.6) is 11.5 Å². The van der Waals surface area contributed by atoms with Gasteiger partial charge in [-0.2, -0.15) is 0 Å². The minimum absolute atomic E-state index is 0.155. The summed E-state index contributed by atoms with van der Waals surface area (Å²) in [6.07, 6.45) is 6.59. The van der Waals surface area contributed by atoms with E-state index < -0.39 is 11.9 Å². The SMILES string of the molecule is O=C(O)CCC(=O)c1cn(CC(=O)O)c2c(C=Cc3ccc(OCCCCOc4ccccc4)cc3)cccc12. The van der Waals surface area contributed by atoms with Crippen LogP contribution in [0.15, 0.2) is 79.0 Å². The average Bonchev–Trinajstić information content (AvgIpc) is 3.32. The van der Waals surface area contributed by atoms with E-state index in [-0.39, 0.29) is 25.2 Å². The van der Waals surface area contributed by atoms with Gasteiger partial charge in [-0.05, 0) is 48.2 Å². The lowest BCUT2D eigenvalue weighted by atomic mass is 10.0. The Morgan fingerprint density at radius 2 is 1.40 bits per heavy atom. The van der Waals surface area contributed by atoms with Crippen LogP contribution in [0.4, 0.5) is 0 Å². The van der Waals surface area contributed by atoms with Gasteiger partial charge in [0.25, 0.3) is 0 Å². The van der Waals surface area contributed by atoms with Crippen molar-refractivity contribution in [3.8, 4) is 11.5 Å². The Morgan fingerprint density at radius 1 is 0.725 bits per heavy atom. The fraction of sp³-hybridized carbons (Fsp3) is 0.219. The number of fused-ring (bicyclic) bond motifs is 1. The van der Waals surface area contributed by atoms with Crippen molar-refractivity contribution < 1.29 is 34.1 Å². The minimum atomic E-state index is -1.06. The third-order valence-electron chi connectivity index (χ3n) is 6.26. The lowest BCUT2D eigenvalue weighted by molar-refractivity contribution is -0.138. The lowest BCUT2D eigenvalue weighted by Crippen LogP contribution is -2.08. The molecule has 0 saturated heterocycles. The predicted octanol–water partition coefficient (Wildman–Crippen LogP) is 6.18. The van der Waals surface area contributed by atoms with Gasteiger partial charge in [-0.1, -0.05) is 60.7 Å². The first-order valence-electron chi connectivity index (χ1n) is 13.1. The number of aliphatic carboxylic acids is 2. The van der Waals surface area contributed by atoms with Crippen molar-refractivity contribution >= 4 is 40.8 Å². The highest BCUT2D eigenvalue weighted by Gasteiger charge is 2.18. The van der Waals surface area contributed by atoms with Gasteiger partial charge in [-0.25, -0.2) is 0 Å². The van der Waals surface area contributed by atoms with Crippen molar-refractivity contribution in [1.82, 2.24) is 4.57 Å². The van der Waals surface area contributed by atoms with Crippen LogP contribution in [-0.4, -0.2) is 45.7 Å². The van der Waals surface area contributed by atoms with Gasteiger partial charge >= 0.3 is 11.9 Å². The zero-order valence-electron chi connectivity index (χ0n) is 22.0. The number of carboxylic acid groups (broad SMARTS) is 2. The van der Waals surface area contributed by atoms with Crippen LogP contribution in [0, 0.1) is 0 Å². The molecule has 1 aromatic heterocycles. The van der Waals surface area contributed by atoms with Gasteiger partial charge in [-0.15, -0.1) is 0 Å². The van der Waals surface area contributed by atoms with E-state index in [1.165, 1.54) is 10.8 Å². The van der Waals surface area contributed by atoms with Crippen LogP contribution in [0.3, 0.4) is 0 Å². The van der Waals surface area contributed by atoms with Crippen LogP contribution >= 0.6 is 0 Å². The molecule has 4 aromatic rings. The number of carbonyl (C=O) groups is 3. The lowest BCUT2D eigenvalue weighted by Gasteiger charge is -2.08. The summed E-state index contributed by atoms with van der Waals surface area (Å²) in [7, 11) is 0. The van der Waals surface area contributed by atoms with Gasteiger partial charge in [0.1, 0.15) is 18.0 Å². The van der Waals surface area contributed by atoms with E-state index in [4.69, 9.17) is 14.6 Å². The van der Waals surface area contributed by atoms with Crippen molar-refractivity contribution in [1.29, 1.82) is 0 Å². The van der Waals surface area contributed by atoms with Crippen LogP contribution < -0.4 is 9.47 Å². The molecule has 0 aliphatic heterocycles. The van der Waals surface area contributed by atoms with Crippen molar-refractivity contribution in [3.63, 3.8) is 0 Å². The molecule has 0 atom stereocenters. The largest absolute Gasteiger partial charge is 0.494 e. The number of nitrogens with zero attached hydrogens (tertiary/aromatic N) is 1. The molecular weight excluding hydrogens is 510 g/mol. The molecule has 3 aromatic carbocycles. The highest BCUT2D eigenvalue weighted by molar-refractivity contribution is 6.10. The van der Waals surface area contributed by atoms with Crippen molar-refractivity contribution in [2.24, 2.45) is 0 Å². The first-order valence-corrected chi connectivity index (χ1v) is 13.1. The summed E-state index contributed by atoms with van der Waals surface area (Å²) in [5, 5.41) is 18.9. The van der Waals surface area contributed by atoms with Gasteiger partial charge in [0.15, 0.2) is 5.78 Å². The molecule has 8 heteroatoms. The number of carboxylic acids is 2. The molecule has 2 N–H and O–H groups in total. The van der Waals surface area contributed by atoms with Crippen molar-refractivity contribution in [3.05, 3.63) is 95.7 Å². The smallest absolute Gasteiger partial charge is 0.323 e. The van der Waals surface area contributed by atoms with E-state index >= 15 is 0 Å². The van der Waals surface area contributed by atoms with Crippen LogP contribution in [0.25, 0.3) is 23.1 Å². The van der Waals surface area contributed by atoms with E-state index in [0.717, 1.165) is 35.5 Å². The number of rotatable bonds is 15. The predicted molar refractivity (Wildman–Crippen MR) is 153 cm³/mol. The molecule has 0 saturated carbocycles. The molecule has 8 nitrogen and oxygen atoms in total. The summed E-state index contributed by atoms with van der Waals surface area (Å²) in [6, 6.07) is 22.8. The van der Waals surface area contributed by atoms with E-state index in [1.54, 1.807) is 12.1 Å². The van der Waals surface area contributed by atoms with Crippen molar-refractivity contribution in [2.75, 3.05) is 13.2 Å². The second-order valence-corrected chi connectivity index (χ2v) is 9.24. The molecule has 0 aliphatic rings. The molecule has 206 valence electrons. The Bertz CT molecular complexity index is 1490. The fourth-order valence-electron chi connectivity index (χ4n) is 4.33. The Labute approximate surface area is 232 Å². The van der Waals surface area contributed by atoms with Gasteiger partial charge in [0.2, 0.25) is 0 Å². The number of para-hydroxylation sites is 2. The third-order valence-corrected chi connectivity index (χ3v) is 6.26. The number of unbranched alkanes of at least 4 members (excludes halogenated alkanes) is 1. The van der Waals surface area contributed by atoms with E-state index in [2.05, 4.69) is 0 Å². The topological polar surface area (TPSA) is 115 Å². The normalized spacial score (nSPS) is 11.1. The Kier molecular flexibility index (Phi) is 9.72. The zero-order chi connectivity index (χ0) is 28.3. The molecule has 0 unspecified atom stereocenters. The highest BCUT2D eigenvalue weighted by atomic mass is 16.5. The standard InChI is InChI=1S/C32H31NO7/c34-29(17-18-30(35)36)28-21-33(22-31(37)38)32-24(7-6-10-27(28)32)14-11-23-12-15-26(16-13-23)40-20-5-4-19-39-25-8-2-1-3-9-25/h1-3,6-16,21H,4-5,17-20,22H2,(H,35,36)(H,37,38). The fourth-order valence-corrected chi connectivity index (χ4v) is 4.33. The Hall–Kier alpha value is -4.85. The number of hydrogen-bond acceptors (Lipinski definition) is 5. The molecule has 0 aliphatic carbocycles. The third kappa shape index (κ3) is 7.83. The maximum Gasteiger partial charge on any atom is 0.323 e. The number of ketones is 1. The maximum absolute atomic E-state index is 12.7. The summed E-state index contributed by atoms with van der Waals surface area (Å²) < 4.78 is 13.1. The van der Waals surface area contributed by atoms with E-state index in [0.29, 0.717) is 29.7 Å². The second kappa shape index (κ2) is 13.8. The van der Waals surface area contributed by atoms with Gasteiger partial charge in [0, 0.05) is 23.6 Å². The summed E-state index contributed by atoms with van der Waals surface area (Å²) in [4.78, 5) is 35.1. The number of carbonyl (C=O) groups excluding carboxylic acids is 1. The zero-order valence-corrected chi connectivity index (χ0v) is 22.0. The number of ether oxygens (including phenoxy) is 2. The van der Waals surface area contributed by atoms with Gasteiger partial charge < -0.3 is 24.3 Å². The minimum Gasteiger partial charge on any atom is -0.494 e. The summed E-state index contributed by atoms with van der Waals surface area (Å²) in [5.41, 5.74) is 2.60. The summed E-state index contributed by atoms with van der Waals surface area (Å²) in [5.74, 6) is -0.807. The van der Waals surface area contributed by atoms with E-state index in [9.17, 15) is 19.5 Å². The van der Waals surface area contributed by atoms with Crippen LogP contribution in [-0.2, 0) is 16.1 Å². The highest BCUT2D eigenvalue weighted by Crippen LogP contribution is 2.28. The van der Waals surface area contributed by atoms with Gasteiger partial charge in [-0.3, -0.25) is 14.4 Å². The van der Waals surface area contributed by atoms with Crippen molar-refractivity contribution in [2.45, 2.75) is 32.2 Å². The average molecular weight is 542 g/mol. The Morgan fingerprint density at radius 3 is 2.05 bits per heavy atom. The Balaban J connectivity index is 1.39. The number of benzene rings is 3. The molecule has 0 fully saturated rings. The first-order chi connectivity index (χ1) is 19.4. The number of Topliss-reactive ketones (excluding diaryl/α,β-unsaturated/α-hetero) is 1. The molecule has 4 rings (SSSR count). The number of aromatic nitrogens is 1. The molecule has 0 bridgehead atoms. The molecule has 40 heavy (non-hydrogen) atoms. The van der Waals surface area contributed by atoms with E-state index in [1.807, 2.05) is 72.8 Å². The quantitative estimate of drug-likeness (QED) is 0.105. The summed E-state index contributed by atoms with van der Waals surface area (Å²) in [6.45, 7) is 0.902. The first kappa shape index (κ1) is 28.2. The maximum atomic E-state index is 12.7. The van der Waals surface area contributed by atoms with Crippen LogP contribution in [0.2, 0.25) is 0 Å².